The molecule has 2 heterocycles. The van der Waals surface area contributed by atoms with E-state index in [0.29, 0.717) is 36.7 Å². The number of nitrogens with one attached hydrogen (secondary N) is 2. The number of nitrogens with zero attached hydrogens (tertiary/aromatic N) is 5. The highest BCUT2D eigenvalue weighted by Crippen LogP contribution is 2.11. The minimum Gasteiger partial charge on any atom is -0.467 e. The highest BCUT2D eigenvalue weighted by Gasteiger charge is 2.08. The molecule has 0 saturated carbocycles. The number of anilines is 2. The summed E-state index contributed by atoms with van der Waals surface area (Å²) in [6.45, 7) is 4.74. The predicted molar refractivity (Wildman–Crippen MR) is 66.9 cm³/mol. The number of ether oxygens (including phenoxy) is 1. The van der Waals surface area contributed by atoms with E-state index in [4.69, 9.17) is 9.26 Å². The van der Waals surface area contributed by atoms with Crippen LogP contribution in [-0.2, 0) is 6.54 Å². The summed E-state index contributed by atoms with van der Waals surface area (Å²) in [5.74, 6) is 1.86. The molecule has 0 spiro atoms. The topological polar surface area (TPSA) is 111 Å². The molecule has 0 aromatic carbocycles. The molecule has 0 saturated heterocycles. The fraction of sp³-hybridized carbons (Fsp3) is 0.500. The Kier molecular flexibility index (Phi) is 4.06. The van der Waals surface area contributed by atoms with Crippen LogP contribution in [0.2, 0.25) is 0 Å². The number of aryl methyl sites for hydroxylation is 1. The van der Waals surface area contributed by atoms with Crippen molar-refractivity contribution in [2.24, 2.45) is 0 Å². The van der Waals surface area contributed by atoms with Crippen LogP contribution in [0.3, 0.4) is 0 Å². The minimum atomic E-state index is 0.232. The first-order chi connectivity index (χ1) is 9.21. The average Bonchev–Trinajstić information content (AvgIpc) is 2.82. The van der Waals surface area contributed by atoms with Crippen molar-refractivity contribution in [2.45, 2.75) is 20.4 Å². The first kappa shape index (κ1) is 13.0. The third-order valence-electron chi connectivity index (χ3n) is 2.10. The maximum absolute atomic E-state index is 5.00. The van der Waals surface area contributed by atoms with Crippen molar-refractivity contribution in [3.8, 4) is 6.01 Å². The van der Waals surface area contributed by atoms with Gasteiger partial charge in [-0.25, -0.2) is 0 Å². The van der Waals surface area contributed by atoms with Crippen LogP contribution >= 0.6 is 0 Å². The molecule has 0 atom stereocenters. The molecule has 0 radical (unpaired) electrons. The van der Waals surface area contributed by atoms with Gasteiger partial charge in [0.25, 0.3) is 0 Å². The zero-order valence-corrected chi connectivity index (χ0v) is 11.0. The van der Waals surface area contributed by atoms with Crippen LogP contribution in [0.1, 0.15) is 18.6 Å². The van der Waals surface area contributed by atoms with E-state index >= 15 is 0 Å². The van der Waals surface area contributed by atoms with Crippen LogP contribution in [0.15, 0.2) is 4.52 Å². The van der Waals surface area contributed by atoms with Crippen LogP contribution in [0.5, 0.6) is 6.01 Å². The summed E-state index contributed by atoms with van der Waals surface area (Å²) in [6.07, 6.45) is 0. The lowest BCUT2D eigenvalue weighted by atomic mass is 10.6. The smallest absolute Gasteiger partial charge is 0.322 e. The summed E-state index contributed by atoms with van der Waals surface area (Å²) in [5.41, 5.74) is 0. The Morgan fingerprint density at radius 3 is 2.42 bits per heavy atom. The second-order valence-corrected chi connectivity index (χ2v) is 3.59. The Morgan fingerprint density at radius 2 is 1.84 bits per heavy atom. The predicted octanol–water partition coefficient (Wildman–Crippen LogP) is 0.616. The van der Waals surface area contributed by atoms with Crippen molar-refractivity contribution in [3.05, 3.63) is 11.7 Å². The normalized spacial score (nSPS) is 10.3. The molecular formula is C10H15N7O2. The van der Waals surface area contributed by atoms with Gasteiger partial charge in [0.2, 0.25) is 17.8 Å². The van der Waals surface area contributed by atoms with Crippen molar-refractivity contribution < 1.29 is 9.26 Å². The third-order valence-corrected chi connectivity index (χ3v) is 2.10. The number of aromatic nitrogens is 5. The van der Waals surface area contributed by atoms with Crippen molar-refractivity contribution in [2.75, 3.05) is 24.3 Å². The molecule has 2 rings (SSSR count). The summed E-state index contributed by atoms with van der Waals surface area (Å²) in [6, 6.07) is 0.232. The van der Waals surface area contributed by atoms with E-state index in [0.717, 1.165) is 0 Å². The van der Waals surface area contributed by atoms with Gasteiger partial charge in [-0.1, -0.05) is 5.16 Å². The van der Waals surface area contributed by atoms with E-state index in [1.165, 1.54) is 7.11 Å². The fourth-order valence-electron chi connectivity index (χ4n) is 1.33. The van der Waals surface area contributed by atoms with E-state index in [2.05, 4.69) is 35.7 Å². The summed E-state index contributed by atoms with van der Waals surface area (Å²) < 4.78 is 9.98. The molecule has 0 aliphatic carbocycles. The second-order valence-electron chi connectivity index (χ2n) is 3.59. The quantitative estimate of drug-likeness (QED) is 0.776. The average molecular weight is 265 g/mol. The molecule has 0 fully saturated rings. The molecule has 0 unspecified atom stereocenters. The highest BCUT2D eigenvalue weighted by atomic mass is 16.5. The Bertz CT molecular complexity index is 542. The maximum atomic E-state index is 5.00. The molecule has 0 bridgehead atoms. The molecular weight excluding hydrogens is 250 g/mol. The van der Waals surface area contributed by atoms with Gasteiger partial charge in [-0.15, -0.1) is 0 Å². The zero-order chi connectivity index (χ0) is 13.7. The lowest BCUT2D eigenvalue weighted by Gasteiger charge is -2.07. The molecule has 2 N–H and O–H groups in total. The highest BCUT2D eigenvalue weighted by molar-refractivity contribution is 5.35. The van der Waals surface area contributed by atoms with Crippen molar-refractivity contribution in [1.82, 2.24) is 25.1 Å². The lowest BCUT2D eigenvalue weighted by molar-refractivity contribution is 0.376. The molecule has 0 aliphatic rings. The third kappa shape index (κ3) is 3.50. The first-order valence-corrected chi connectivity index (χ1v) is 5.78. The number of hydrogen-bond acceptors (Lipinski definition) is 9. The molecule has 9 heteroatoms. The number of rotatable bonds is 6. The van der Waals surface area contributed by atoms with Crippen LogP contribution in [0, 0.1) is 6.92 Å². The van der Waals surface area contributed by atoms with E-state index in [-0.39, 0.29) is 6.01 Å². The zero-order valence-electron chi connectivity index (χ0n) is 11.0. The Balaban J connectivity index is 2.08. The minimum absolute atomic E-state index is 0.232. The Morgan fingerprint density at radius 1 is 1.11 bits per heavy atom. The SMILES string of the molecule is CCNc1nc(NCc2nc(C)no2)nc(OC)n1. The van der Waals surface area contributed by atoms with Crippen molar-refractivity contribution in [3.63, 3.8) is 0 Å². The van der Waals surface area contributed by atoms with E-state index < -0.39 is 0 Å². The van der Waals surface area contributed by atoms with Crippen molar-refractivity contribution >= 4 is 11.9 Å². The van der Waals surface area contributed by atoms with Gasteiger partial charge in [-0.3, -0.25) is 0 Å². The van der Waals surface area contributed by atoms with E-state index in [1.54, 1.807) is 6.92 Å². The first-order valence-electron chi connectivity index (χ1n) is 5.78. The van der Waals surface area contributed by atoms with Crippen LogP contribution < -0.4 is 15.4 Å². The van der Waals surface area contributed by atoms with Gasteiger partial charge in [0.05, 0.1) is 13.7 Å². The van der Waals surface area contributed by atoms with E-state index in [9.17, 15) is 0 Å². The van der Waals surface area contributed by atoms with Gasteiger partial charge in [0, 0.05) is 6.54 Å². The van der Waals surface area contributed by atoms with Crippen LogP contribution in [0.4, 0.5) is 11.9 Å². The summed E-state index contributed by atoms with van der Waals surface area (Å²) in [4.78, 5) is 16.4. The summed E-state index contributed by atoms with van der Waals surface area (Å²) in [7, 11) is 1.50. The molecule has 102 valence electrons. The number of hydrogen-bond donors (Lipinski definition) is 2. The van der Waals surface area contributed by atoms with Gasteiger partial charge in [-0.2, -0.15) is 19.9 Å². The Labute approximate surface area is 109 Å². The standard InChI is InChI=1S/C10H15N7O2/c1-4-11-8-14-9(16-10(15-8)18-3)12-5-7-13-6(2)17-19-7/h4-5H2,1-3H3,(H2,11,12,14,15,16). The molecule has 0 aliphatic heterocycles. The molecule has 2 aromatic rings. The van der Waals surface area contributed by atoms with Crippen molar-refractivity contribution in [1.29, 1.82) is 0 Å². The van der Waals surface area contributed by atoms with E-state index in [1.807, 2.05) is 6.92 Å². The largest absolute Gasteiger partial charge is 0.467 e. The monoisotopic (exact) mass is 265 g/mol. The molecule has 0 amide bonds. The second kappa shape index (κ2) is 5.94. The van der Waals surface area contributed by atoms with Crippen LogP contribution in [-0.4, -0.2) is 38.7 Å². The molecule has 9 nitrogen and oxygen atoms in total. The maximum Gasteiger partial charge on any atom is 0.322 e. The van der Waals surface area contributed by atoms with Gasteiger partial charge >= 0.3 is 6.01 Å². The number of methoxy groups -OCH3 is 1. The molecule has 2 aromatic heterocycles. The lowest BCUT2D eigenvalue weighted by Crippen LogP contribution is -2.10. The fourth-order valence-corrected chi connectivity index (χ4v) is 1.33. The summed E-state index contributed by atoms with van der Waals surface area (Å²) in [5, 5.41) is 9.65. The Hall–Kier alpha value is -2.45. The van der Waals surface area contributed by atoms with Gasteiger partial charge in [-0.05, 0) is 13.8 Å². The molecule has 19 heavy (non-hydrogen) atoms. The van der Waals surface area contributed by atoms with Crippen LogP contribution in [0.25, 0.3) is 0 Å². The van der Waals surface area contributed by atoms with Gasteiger partial charge in [0.1, 0.15) is 0 Å². The van der Waals surface area contributed by atoms with Gasteiger partial charge < -0.3 is 19.9 Å². The van der Waals surface area contributed by atoms with Gasteiger partial charge in [0.15, 0.2) is 5.82 Å². The summed E-state index contributed by atoms with van der Waals surface area (Å²) >= 11 is 0.